The predicted molar refractivity (Wildman–Crippen MR) is 86.7 cm³/mol. The number of piperidine rings is 1. The minimum atomic E-state index is -0.0625. The van der Waals surface area contributed by atoms with Gasteiger partial charge in [0.1, 0.15) is 0 Å². The standard InChI is InChI=1S/C18H26N2O2/c1-19-13-14-6-9-20(10-7-14)18(21)12-17-16-5-3-2-4-15(16)8-11-22-17/h2-5,14,17,19H,6-13H2,1H3. The van der Waals surface area contributed by atoms with Crippen molar-refractivity contribution in [2.75, 3.05) is 33.3 Å². The van der Waals surface area contributed by atoms with Gasteiger partial charge in [0.05, 0.1) is 19.1 Å². The van der Waals surface area contributed by atoms with Gasteiger partial charge in [-0.3, -0.25) is 4.79 Å². The Morgan fingerprint density at radius 1 is 1.32 bits per heavy atom. The van der Waals surface area contributed by atoms with E-state index in [4.69, 9.17) is 4.74 Å². The van der Waals surface area contributed by atoms with Crippen LogP contribution in [0.25, 0.3) is 0 Å². The zero-order valence-electron chi connectivity index (χ0n) is 13.4. The summed E-state index contributed by atoms with van der Waals surface area (Å²) in [5.74, 6) is 0.949. The molecule has 120 valence electrons. The summed E-state index contributed by atoms with van der Waals surface area (Å²) in [5, 5.41) is 3.23. The maximum Gasteiger partial charge on any atom is 0.225 e. The molecule has 0 aliphatic carbocycles. The van der Waals surface area contributed by atoms with Crippen molar-refractivity contribution < 1.29 is 9.53 Å². The van der Waals surface area contributed by atoms with Gasteiger partial charge in [0.15, 0.2) is 0 Å². The van der Waals surface area contributed by atoms with E-state index in [0.29, 0.717) is 12.3 Å². The maximum atomic E-state index is 12.6. The normalized spacial score (nSPS) is 22.4. The van der Waals surface area contributed by atoms with E-state index in [1.165, 1.54) is 11.1 Å². The Morgan fingerprint density at radius 3 is 2.86 bits per heavy atom. The Labute approximate surface area is 132 Å². The molecule has 1 amide bonds. The van der Waals surface area contributed by atoms with Crippen molar-refractivity contribution in [3.05, 3.63) is 35.4 Å². The Bertz CT molecular complexity index is 510. The van der Waals surface area contributed by atoms with E-state index < -0.39 is 0 Å². The molecule has 0 radical (unpaired) electrons. The van der Waals surface area contributed by atoms with Gasteiger partial charge < -0.3 is 15.0 Å². The van der Waals surface area contributed by atoms with Gasteiger partial charge in [-0.2, -0.15) is 0 Å². The molecule has 1 aromatic carbocycles. The van der Waals surface area contributed by atoms with Crippen molar-refractivity contribution in [2.24, 2.45) is 5.92 Å². The number of amides is 1. The van der Waals surface area contributed by atoms with Crippen LogP contribution in [0.1, 0.15) is 36.5 Å². The highest BCUT2D eigenvalue weighted by Gasteiger charge is 2.27. The van der Waals surface area contributed by atoms with Crippen LogP contribution in [0, 0.1) is 5.92 Å². The number of carbonyl (C=O) groups is 1. The average molecular weight is 302 g/mol. The van der Waals surface area contributed by atoms with Crippen molar-refractivity contribution in [1.82, 2.24) is 10.2 Å². The maximum absolute atomic E-state index is 12.6. The molecule has 3 rings (SSSR count). The van der Waals surface area contributed by atoms with E-state index >= 15 is 0 Å². The summed E-state index contributed by atoms with van der Waals surface area (Å²) in [6.07, 6.45) is 3.58. The molecule has 1 N–H and O–H groups in total. The van der Waals surface area contributed by atoms with Crippen LogP contribution in [-0.2, 0) is 16.0 Å². The van der Waals surface area contributed by atoms with Crippen molar-refractivity contribution >= 4 is 5.91 Å². The molecule has 1 saturated heterocycles. The molecule has 2 heterocycles. The number of benzene rings is 1. The number of hydrogen-bond donors (Lipinski definition) is 1. The lowest BCUT2D eigenvalue weighted by Crippen LogP contribution is -2.41. The summed E-state index contributed by atoms with van der Waals surface area (Å²) >= 11 is 0. The minimum absolute atomic E-state index is 0.0625. The third kappa shape index (κ3) is 3.50. The first-order valence-corrected chi connectivity index (χ1v) is 8.39. The molecule has 0 spiro atoms. The van der Waals surface area contributed by atoms with Crippen LogP contribution in [0.15, 0.2) is 24.3 Å². The molecular weight excluding hydrogens is 276 g/mol. The van der Waals surface area contributed by atoms with E-state index in [-0.39, 0.29) is 12.0 Å². The Balaban J connectivity index is 1.57. The fraction of sp³-hybridized carbons (Fsp3) is 0.611. The number of nitrogens with one attached hydrogen (secondary N) is 1. The van der Waals surface area contributed by atoms with E-state index in [9.17, 15) is 4.79 Å². The van der Waals surface area contributed by atoms with Crippen molar-refractivity contribution in [3.63, 3.8) is 0 Å². The molecule has 1 aromatic rings. The molecule has 4 nitrogen and oxygen atoms in total. The molecule has 1 unspecified atom stereocenters. The third-order valence-corrected chi connectivity index (χ3v) is 4.91. The van der Waals surface area contributed by atoms with E-state index in [1.807, 2.05) is 18.0 Å². The van der Waals surface area contributed by atoms with E-state index in [2.05, 4.69) is 23.5 Å². The van der Waals surface area contributed by atoms with Gasteiger partial charge in [0, 0.05) is 13.1 Å². The molecule has 1 atom stereocenters. The first kappa shape index (κ1) is 15.5. The second-order valence-electron chi connectivity index (χ2n) is 6.39. The molecule has 0 bridgehead atoms. The summed E-state index contributed by atoms with van der Waals surface area (Å²) in [5.41, 5.74) is 2.53. The highest BCUT2D eigenvalue weighted by atomic mass is 16.5. The van der Waals surface area contributed by atoms with Crippen LogP contribution in [0.3, 0.4) is 0 Å². The molecular formula is C18H26N2O2. The van der Waals surface area contributed by atoms with E-state index in [0.717, 1.165) is 45.5 Å². The highest BCUT2D eigenvalue weighted by molar-refractivity contribution is 5.77. The van der Waals surface area contributed by atoms with Gasteiger partial charge in [-0.05, 0) is 49.9 Å². The smallest absolute Gasteiger partial charge is 0.225 e. The lowest BCUT2D eigenvalue weighted by atomic mass is 9.94. The minimum Gasteiger partial charge on any atom is -0.373 e. The summed E-state index contributed by atoms with van der Waals surface area (Å²) in [7, 11) is 2.00. The lowest BCUT2D eigenvalue weighted by molar-refractivity contribution is -0.136. The SMILES string of the molecule is CNCC1CCN(C(=O)CC2OCCc3ccccc32)CC1. The lowest BCUT2D eigenvalue weighted by Gasteiger charge is -2.33. The van der Waals surface area contributed by atoms with Gasteiger partial charge in [-0.25, -0.2) is 0 Å². The summed E-state index contributed by atoms with van der Waals surface area (Å²) < 4.78 is 5.87. The van der Waals surface area contributed by atoms with E-state index in [1.54, 1.807) is 0 Å². The van der Waals surface area contributed by atoms with Gasteiger partial charge >= 0.3 is 0 Å². The molecule has 22 heavy (non-hydrogen) atoms. The Kier molecular flexibility index (Phi) is 5.11. The number of fused-ring (bicyclic) bond motifs is 1. The molecule has 1 fully saturated rings. The van der Waals surface area contributed by atoms with Crippen LogP contribution >= 0.6 is 0 Å². The van der Waals surface area contributed by atoms with Crippen LogP contribution in [0.5, 0.6) is 0 Å². The zero-order chi connectivity index (χ0) is 15.4. The molecule has 0 aromatic heterocycles. The van der Waals surface area contributed by atoms with Gasteiger partial charge in [0.2, 0.25) is 5.91 Å². The van der Waals surface area contributed by atoms with Gasteiger partial charge in [0.25, 0.3) is 0 Å². The second kappa shape index (κ2) is 7.25. The fourth-order valence-electron chi connectivity index (χ4n) is 3.61. The first-order valence-electron chi connectivity index (χ1n) is 8.39. The van der Waals surface area contributed by atoms with Gasteiger partial charge in [-0.15, -0.1) is 0 Å². The predicted octanol–water partition coefficient (Wildman–Crippen LogP) is 2.15. The second-order valence-corrected chi connectivity index (χ2v) is 6.39. The highest BCUT2D eigenvalue weighted by Crippen LogP contribution is 2.30. The Morgan fingerprint density at radius 2 is 2.09 bits per heavy atom. The van der Waals surface area contributed by atoms with Gasteiger partial charge in [-0.1, -0.05) is 24.3 Å². The average Bonchev–Trinajstić information content (AvgIpc) is 2.56. The number of carbonyl (C=O) groups excluding carboxylic acids is 1. The summed E-state index contributed by atoms with van der Waals surface area (Å²) in [6, 6.07) is 8.36. The fourth-order valence-corrected chi connectivity index (χ4v) is 3.61. The van der Waals surface area contributed by atoms with Crippen molar-refractivity contribution in [3.8, 4) is 0 Å². The largest absolute Gasteiger partial charge is 0.373 e. The summed E-state index contributed by atoms with van der Waals surface area (Å²) in [6.45, 7) is 3.55. The number of hydrogen-bond acceptors (Lipinski definition) is 3. The Hall–Kier alpha value is -1.39. The van der Waals surface area contributed by atoms with Crippen LogP contribution in [0.4, 0.5) is 0 Å². The zero-order valence-corrected chi connectivity index (χ0v) is 13.4. The van der Waals surface area contributed by atoms with Crippen LogP contribution < -0.4 is 5.32 Å². The number of ether oxygens (including phenoxy) is 1. The van der Waals surface area contributed by atoms with Crippen molar-refractivity contribution in [1.29, 1.82) is 0 Å². The van der Waals surface area contributed by atoms with Crippen molar-refractivity contribution in [2.45, 2.75) is 31.8 Å². The number of nitrogens with zero attached hydrogens (tertiary/aromatic N) is 1. The summed E-state index contributed by atoms with van der Waals surface area (Å²) in [4.78, 5) is 14.6. The number of rotatable bonds is 4. The van der Waals surface area contributed by atoms with Crippen LogP contribution in [-0.4, -0.2) is 44.1 Å². The molecule has 0 saturated carbocycles. The van der Waals surface area contributed by atoms with Crippen LogP contribution in [0.2, 0.25) is 0 Å². The third-order valence-electron chi connectivity index (χ3n) is 4.91. The first-order chi connectivity index (χ1) is 10.8. The molecule has 2 aliphatic rings. The number of likely N-dealkylation sites (tertiary alicyclic amines) is 1. The molecule has 2 aliphatic heterocycles. The topological polar surface area (TPSA) is 41.6 Å². The quantitative estimate of drug-likeness (QED) is 0.926. The monoisotopic (exact) mass is 302 g/mol. The molecule has 4 heteroatoms.